The van der Waals surface area contributed by atoms with Crippen molar-refractivity contribution in [3.05, 3.63) is 24.0 Å². The standard InChI is InChI=1S/C12H17N3O2/c16-11-8-14-5-3-10(11)12(17)15-7-9-2-1-4-13-6-9/h3,5,8-9,13,16H,1-2,4,6-7H2,(H,15,17). The summed E-state index contributed by atoms with van der Waals surface area (Å²) in [7, 11) is 0. The molecule has 0 aliphatic carbocycles. The molecule has 3 N–H and O–H groups in total. The van der Waals surface area contributed by atoms with Gasteiger partial charge in [0, 0.05) is 12.7 Å². The van der Waals surface area contributed by atoms with Gasteiger partial charge in [0.2, 0.25) is 0 Å². The summed E-state index contributed by atoms with van der Waals surface area (Å²) in [5.41, 5.74) is 0.281. The highest BCUT2D eigenvalue weighted by Crippen LogP contribution is 2.14. The molecule has 92 valence electrons. The molecule has 0 bridgehead atoms. The topological polar surface area (TPSA) is 74.2 Å². The molecule has 1 fully saturated rings. The van der Waals surface area contributed by atoms with Gasteiger partial charge in [-0.2, -0.15) is 0 Å². The van der Waals surface area contributed by atoms with Crippen LogP contribution < -0.4 is 10.6 Å². The van der Waals surface area contributed by atoms with Gasteiger partial charge in [0.05, 0.1) is 11.8 Å². The summed E-state index contributed by atoms with van der Waals surface area (Å²) < 4.78 is 0. The lowest BCUT2D eigenvalue weighted by Gasteiger charge is -2.22. The lowest BCUT2D eigenvalue weighted by atomic mass is 10.00. The Labute approximate surface area is 100 Å². The van der Waals surface area contributed by atoms with Gasteiger partial charge in [0.25, 0.3) is 5.91 Å². The van der Waals surface area contributed by atoms with E-state index in [1.807, 2.05) is 0 Å². The Morgan fingerprint density at radius 1 is 1.65 bits per heavy atom. The number of amides is 1. The summed E-state index contributed by atoms with van der Waals surface area (Å²) in [6.45, 7) is 2.66. The summed E-state index contributed by atoms with van der Waals surface area (Å²) in [5.74, 6) is 0.166. The van der Waals surface area contributed by atoms with E-state index >= 15 is 0 Å². The predicted octanol–water partition coefficient (Wildman–Crippen LogP) is 0.517. The van der Waals surface area contributed by atoms with Crippen LogP contribution >= 0.6 is 0 Å². The van der Waals surface area contributed by atoms with Gasteiger partial charge in [-0.1, -0.05) is 0 Å². The lowest BCUT2D eigenvalue weighted by molar-refractivity contribution is 0.0942. The summed E-state index contributed by atoms with van der Waals surface area (Å²) in [6.07, 6.45) is 5.06. The van der Waals surface area contributed by atoms with Crippen LogP contribution in [0.1, 0.15) is 23.2 Å². The second-order valence-electron chi connectivity index (χ2n) is 4.32. The molecule has 2 rings (SSSR count). The maximum atomic E-state index is 11.8. The van der Waals surface area contributed by atoms with Crippen molar-refractivity contribution in [3.8, 4) is 5.75 Å². The zero-order valence-electron chi connectivity index (χ0n) is 9.65. The number of nitrogens with one attached hydrogen (secondary N) is 2. The Hall–Kier alpha value is -1.62. The number of aromatic nitrogens is 1. The minimum atomic E-state index is -0.240. The molecule has 1 aromatic rings. The zero-order valence-corrected chi connectivity index (χ0v) is 9.65. The fourth-order valence-electron chi connectivity index (χ4n) is 2.01. The summed E-state index contributed by atoms with van der Waals surface area (Å²) >= 11 is 0. The van der Waals surface area contributed by atoms with Gasteiger partial charge < -0.3 is 15.7 Å². The third kappa shape index (κ3) is 3.17. The minimum absolute atomic E-state index is 0.0771. The molecule has 1 aliphatic heterocycles. The van der Waals surface area contributed by atoms with Crippen LogP contribution in [0.15, 0.2) is 18.5 Å². The first kappa shape index (κ1) is 11.9. The molecule has 0 saturated carbocycles. The first-order valence-corrected chi connectivity index (χ1v) is 5.89. The van der Waals surface area contributed by atoms with Crippen molar-refractivity contribution in [3.63, 3.8) is 0 Å². The van der Waals surface area contributed by atoms with Gasteiger partial charge in [-0.25, -0.2) is 0 Å². The Balaban J connectivity index is 1.87. The molecule has 1 aromatic heterocycles. The van der Waals surface area contributed by atoms with Gasteiger partial charge in [0.15, 0.2) is 0 Å². The van der Waals surface area contributed by atoms with Crippen LogP contribution in [0.3, 0.4) is 0 Å². The van der Waals surface area contributed by atoms with E-state index in [2.05, 4.69) is 15.6 Å². The average Bonchev–Trinajstić information content (AvgIpc) is 2.38. The number of carbonyl (C=O) groups is 1. The second-order valence-corrected chi connectivity index (χ2v) is 4.32. The molecule has 17 heavy (non-hydrogen) atoms. The highest BCUT2D eigenvalue weighted by atomic mass is 16.3. The first-order chi connectivity index (χ1) is 8.27. The van der Waals surface area contributed by atoms with Crippen LogP contribution in [0.4, 0.5) is 0 Å². The van der Waals surface area contributed by atoms with Crippen LogP contribution in [-0.4, -0.2) is 35.6 Å². The number of hydrogen-bond acceptors (Lipinski definition) is 4. The van der Waals surface area contributed by atoms with E-state index in [1.165, 1.54) is 18.5 Å². The molecule has 0 radical (unpaired) electrons. The maximum absolute atomic E-state index is 11.8. The summed E-state index contributed by atoms with van der Waals surface area (Å²) in [6, 6.07) is 1.52. The molecule has 1 aliphatic rings. The summed E-state index contributed by atoms with van der Waals surface area (Å²) in [4.78, 5) is 15.5. The van der Waals surface area contributed by atoms with E-state index in [1.54, 1.807) is 0 Å². The Bertz CT molecular complexity index is 389. The van der Waals surface area contributed by atoms with Crippen molar-refractivity contribution in [2.24, 2.45) is 5.92 Å². The smallest absolute Gasteiger partial charge is 0.255 e. The third-order valence-electron chi connectivity index (χ3n) is 2.99. The number of pyridine rings is 1. The molecule has 1 saturated heterocycles. The molecule has 5 heteroatoms. The number of rotatable bonds is 3. The number of aromatic hydroxyl groups is 1. The highest BCUT2D eigenvalue weighted by Gasteiger charge is 2.15. The Morgan fingerprint density at radius 3 is 3.24 bits per heavy atom. The van der Waals surface area contributed by atoms with Crippen molar-refractivity contribution in [1.29, 1.82) is 0 Å². The van der Waals surface area contributed by atoms with E-state index in [0.29, 0.717) is 12.5 Å². The van der Waals surface area contributed by atoms with Crippen LogP contribution in [-0.2, 0) is 0 Å². The summed E-state index contributed by atoms with van der Waals surface area (Å²) in [5, 5.41) is 15.6. The van der Waals surface area contributed by atoms with E-state index in [9.17, 15) is 9.90 Å². The minimum Gasteiger partial charge on any atom is -0.505 e. The third-order valence-corrected chi connectivity index (χ3v) is 2.99. The van der Waals surface area contributed by atoms with Gasteiger partial charge in [-0.15, -0.1) is 0 Å². The lowest BCUT2D eigenvalue weighted by Crippen LogP contribution is -2.38. The van der Waals surface area contributed by atoms with Gasteiger partial charge in [-0.05, 0) is 37.9 Å². The van der Waals surface area contributed by atoms with Crippen molar-refractivity contribution in [2.45, 2.75) is 12.8 Å². The largest absolute Gasteiger partial charge is 0.505 e. The SMILES string of the molecule is O=C(NCC1CCCNC1)c1ccncc1O. The fraction of sp³-hybridized carbons (Fsp3) is 0.500. The number of carbonyl (C=O) groups excluding carboxylic acids is 1. The number of hydrogen-bond donors (Lipinski definition) is 3. The first-order valence-electron chi connectivity index (χ1n) is 5.89. The van der Waals surface area contributed by atoms with Crippen LogP contribution in [0.25, 0.3) is 0 Å². The molecule has 1 unspecified atom stereocenters. The van der Waals surface area contributed by atoms with E-state index < -0.39 is 0 Å². The van der Waals surface area contributed by atoms with Crippen molar-refractivity contribution >= 4 is 5.91 Å². The molecular formula is C12H17N3O2. The predicted molar refractivity (Wildman–Crippen MR) is 63.8 cm³/mol. The van der Waals surface area contributed by atoms with Crippen molar-refractivity contribution in [2.75, 3.05) is 19.6 Å². The second kappa shape index (κ2) is 5.63. The van der Waals surface area contributed by atoms with Gasteiger partial charge >= 0.3 is 0 Å². The highest BCUT2D eigenvalue weighted by molar-refractivity contribution is 5.96. The average molecular weight is 235 g/mol. The van der Waals surface area contributed by atoms with Crippen LogP contribution in [0.2, 0.25) is 0 Å². The molecule has 0 spiro atoms. The van der Waals surface area contributed by atoms with Crippen LogP contribution in [0.5, 0.6) is 5.75 Å². The Kier molecular flexibility index (Phi) is 3.93. The normalized spacial score (nSPS) is 19.9. The maximum Gasteiger partial charge on any atom is 0.255 e. The zero-order chi connectivity index (χ0) is 12.1. The van der Waals surface area contributed by atoms with Gasteiger partial charge in [-0.3, -0.25) is 9.78 Å². The number of piperidine rings is 1. The van der Waals surface area contributed by atoms with E-state index in [-0.39, 0.29) is 17.2 Å². The van der Waals surface area contributed by atoms with Crippen molar-refractivity contribution in [1.82, 2.24) is 15.6 Å². The van der Waals surface area contributed by atoms with E-state index in [4.69, 9.17) is 0 Å². The molecule has 1 amide bonds. The van der Waals surface area contributed by atoms with Crippen molar-refractivity contribution < 1.29 is 9.90 Å². The fourth-order valence-corrected chi connectivity index (χ4v) is 2.01. The molecule has 1 atom stereocenters. The van der Waals surface area contributed by atoms with Gasteiger partial charge in [0.1, 0.15) is 5.75 Å². The number of nitrogens with zero attached hydrogens (tertiary/aromatic N) is 1. The molecule has 5 nitrogen and oxygen atoms in total. The Morgan fingerprint density at radius 2 is 2.53 bits per heavy atom. The molecule has 0 aromatic carbocycles. The van der Waals surface area contributed by atoms with E-state index in [0.717, 1.165) is 25.9 Å². The molecule has 2 heterocycles. The quantitative estimate of drug-likeness (QED) is 0.714. The van der Waals surface area contributed by atoms with Crippen LogP contribution in [0, 0.1) is 5.92 Å². The monoisotopic (exact) mass is 235 g/mol. The molecular weight excluding hydrogens is 218 g/mol.